The second-order valence-electron chi connectivity index (χ2n) is 5.37. The number of phosphoric ester groups is 1. The topological polar surface area (TPSA) is 144 Å². The molecular weight excluding hydrogens is 341 g/mol. The van der Waals surface area contributed by atoms with Crippen molar-refractivity contribution in [2.24, 2.45) is 0 Å². The molecule has 3 N–H and O–H groups in total. The van der Waals surface area contributed by atoms with Gasteiger partial charge < -0.3 is 15.6 Å². The highest BCUT2D eigenvalue weighted by molar-refractivity contribution is 7.48. The summed E-state index contributed by atoms with van der Waals surface area (Å²) in [6.45, 7) is 1.82. The summed E-state index contributed by atoms with van der Waals surface area (Å²) in [6.07, 6.45) is -0.642. The number of rotatable bonds is 3. The van der Waals surface area contributed by atoms with Crippen molar-refractivity contribution in [1.82, 2.24) is 19.5 Å². The Morgan fingerprint density at radius 1 is 1.50 bits per heavy atom. The van der Waals surface area contributed by atoms with Crippen LogP contribution in [-0.4, -0.2) is 56.2 Å². The third-order valence-corrected chi connectivity index (χ3v) is 5.45. The van der Waals surface area contributed by atoms with Gasteiger partial charge in [-0.25, -0.2) is 19.5 Å². The SMILES string of the molecule is CCO[P@]1(=O)OC[C@H]2O[C@@H](n3cnc4c(N)ncnc43)[C@H](O)[C@@H]2O1. The number of imidazole rings is 1. The number of nitrogens with two attached hydrogens (primary N) is 1. The van der Waals surface area contributed by atoms with Crippen LogP contribution >= 0.6 is 7.82 Å². The largest absolute Gasteiger partial charge is 0.475 e. The predicted molar refractivity (Wildman–Crippen MR) is 79.7 cm³/mol. The predicted octanol–water partition coefficient (Wildman–Crippen LogP) is 0.227. The Morgan fingerprint density at radius 3 is 3.12 bits per heavy atom. The van der Waals surface area contributed by atoms with Crippen molar-refractivity contribution in [3.63, 3.8) is 0 Å². The first kappa shape index (κ1) is 15.9. The fourth-order valence-electron chi connectivity index (χ4n) is 2.84. The third kappa shape index (κ3) is 2.41. The number of ether oxygens (including phenoxy) is 1. The summed E-state index contributed by atoms with van der Waals surface area (Å²) >= 11 is 0. The van der Waals surface area contributed by atoms with Crippen LogP contribution in [0.3, 0.4) is 0 Å². The van der Waals surface area contributed by atoms with Crippen molar-refractivity contribution in [2.75, 3.05) is 18.9 Å². The molecule has 2 aromatic heterocycles. The average molecular weight is 357 g/mol. The Bertz CT molecular complexity index is 814. The summed E-state index contributed by atoms with van der Waals surface area (Å²) < 4.78 is 35.1. The smallest absolute Gasteiger partial charge is 0.386 e. The highest BCUT2D eigenvalue weighted by atomic mass is 31.2. The van der Waals surface area contributed by atoms with Crippen LogP contribution in [0.2, 0.25) is 0 Å². The summed E-state index contributed by atoms with van der Waals surface area (Å²) in [5.74, 6) is 0.226. The average Bonchev–Trinajstić information content (AvgIpc) is 3.10. The zero-order valence-electron chi connectivity index (χ0n) is 12.7. The second kappa shape index (κ2) is 5.73. The Morgan fingerprint density at radius 2 is 2.33 bits per heavy atom. The van der Waals surface area contributed by atoms with E-state index in [1.54, 1.807) is 6.92 Å². The van der Waals surface area contributed by atoms with Crippen molar-refractivity contribution in [2.45, 2.75) is 31.5 Å². The lowest BCUT2D eigenvalue weighted by Gasteiger charge is -2.30. The zero-order chi connectivity index (χ0) is 16.9. The van der Waals surface area contributed by atoms with Crippen LogP contribution in [0, 0.1) is 0 Å². The van der Waals surface area contributed by atoms with Gasteiger partial charge in [0, 0.05) is 0 Å². The number of aliphatic hydroxyl groups excluding tert-OH is 1. The van der Waals surface area contributed by atoms with Crippen molar-refractivity contribution in [3.8, 4) is 0 Å². The molecule has 2 saturated heterocycles. The highest BCUT2D eigenvalue weighted by Crippen LogP contribution is 2.56. The minimum atomic E-state index is -3.69. The normalized spacial score (nSPS) is 36.1. The van der Waals surface area contributed by atoms with Crippen LogP contribution in [0.1, 0.15) is 13.2 Å². The van der Waals surface area contributed by atoms with E-state index in [-0.39, 0.29) is 19.0 Å². The maximum absolute atomic E-state index is 12.3. The standard InChI is InChI=1S/C12H16N5O6P/c1-2-20-24(19)21-3-6-9(23-24)8(18)12(22-6)17-5-16-7-10(13)14-4-15-11(7)17/h4-6,8-9,12,18H,2-3H2,1H3,(H2,13,14,15)/t6-,8-,9-,12-,24-/m1/s1. The van der Waals surface area contributed by atoms with Crippen LogP contribution in [0.5, 0.6) is 0 Å². The highest BCUT2D eigenvalue weighted by Gasteiger charge is 2.53. The quantitative estimate of drug-likeness (QED) is 0.732. The molecule has 2 fully saturated rings. The number of phosphoric acid groups is 1. The molecule has 0 amide bonds. The molecule has 0 saturated carbocycles. The van der Waals surface area contributed by atoms with Gasteiger partial charge in [-0.1, -0.05) is 0 Å². The van der Waals surface area contributed by atoms with E-state index in [1.807, 2.05) is 0 Å². The molecule has 130 valence electrons. The van der Waals surface area contributed by atoms with Crippen LogP contribution < -0.4 is 5.73 Å². The molecule has 0 spiro atoms. The van der Waals surface area contributed by atoms with Crippen molar-refractivity contribution in [1.29, 1.82) is 0 Å². The molecular formula is C12H16N5O6P. The number of anilines is 1. The van der Waals surface area contributed by atoms with E-state index >= 15 is 0 Å². The maximum Gasteiger partial charge on any atom is 0.475 e. The van der Waals surface area contributed by atoms with Gasteiger partial charge in [0.25, 0.3) is 0 Å². The van der Waals surface area contributed by atoms with Gasteiger partial charge in [-0.15, -0.1) is 0 Å². The van der Waals surface area contributed by atoms with E-state index in [1.165, 1.54) is 17.2 Å². The number of nitrogen functional groups attached to an aromatic ring is 1. The molecule has 24 heavy (non-hydrogen) atoms. The van der Waals surface area contributed by atoms with Gasteiger partial charge in [-0.3, -0.25) is 18.1 Å². The minimum absolute atomic E-state index is 0.0146. The molecule has 4 heterocycles. The van der Waals surface area contributed by atoms with Gasteiger partial charge >= 0.3 is 7.82 Å². The van der Waals surface area contributed by atoms with Gasteiger partial charge in [-0.2, -0.15) is 0 Å². The van der Waals surface area contributed by atoms with E-state index in [9.17, 15) is 9.67 Å². The van der Waals surface area contributed by atoms with Gasteiger partial charge in [0.2, 0.25) is 0 Å². The van der Waals surface area contributed by atoms with Crippen LogP contribution in [0.15, 0.2) is 12.7 Å². The molecule has 2 aliphatic rings. The van der Waals surface area contributed by atoms with Crippen molar-refractivity contribution >= 4 is 24.8 Å². The Hall–Kier alpha value is -1.62. The lowest BCUT2D eigenvalue weighted by Crippen LogP contribution is -2.39. The molecule has 0 aromatic carbocycles. The number of hydrogen-bond donors (Lipinski definition) is 2. The Kier molecular flexibility index (Phi) is 3.79. The Balaban J connectivity index is 1.64. The fraction of sp³-hybridized carbons (Fsp3) is 0.583. The van der Waals surface area contributed by atoms with Gasteiger partial charge in [0.05, 0.1) is 19.5 Å². The van der Waals surface area contributed by atoms with Gasteiger partial charge in [0.15, 0.2) is 17.7 Å². The molecule has 2 aliphatic heterocycles. The van der Waals surface area contributed by atoms with Gasteiger partial charge in [-0.05, 0) is 6.92 Å². The fourth-order valence-corrected chi connectivity index (χ4v) is 4.24. The van der Waals surface area contributed by atoms with E-state index in [2.05, 4.69) is 15.0 Å². The summed E-state index contributed by atoms with van der Waals surface area (Å²) in [7, 11) is -3.69. The van der Waals surface area contributed by atoms with Crippen molar-refractivity contribution in [3.05, 3.63) is 12.7 Å². The molecule has 12 heteroatoms. The zero-order valence-corrected chi connectivity index (χ0v) is 13.6. The first-order valence-corrected chi connectivity index (χ1v) is 8.82. The molecule has 2 aromatic rings. The van der Waals surface area contributed by atoms with E-state index in [0.717, 1.165) is 0 Å². The molecule has 0 aliphatic carbocycles. The molecule has 11 nitrogen and oxygen atoms in total. The summed E-state index contributed by atoms with van der Waals surface area (Å²) in [5, 5.41) is 10.6. The third-order valence-electron chi connectivity index (χ3n) is 3.91. The molecule has 5 atom stereocenters. The Labute approximate surface area is 136 Å². The van der Waals surface area contributed by atoms with Crippen LogP contribution in [0.25, 0.3) is 11.2 Å². The molecule has 0 bridgehead atoms. The number of fused-ring (bicyclic) bond motifs is 2. The number of aliphatic hydroxyl groups is 1. The lowest BCUT2D eigenvalue weighted by molar-refractivity contribution is -0.0701. The van der Waals surface area contributed by atoms with E-state index in [4.69, 9.17) is 24.0 Å². The van der Waals surface area contributed by atoms with E-state index in [0.29, 0.717) is 11.2 Å². The lowest BCUT2D eigenvalue weighted by atomic mass is 10.1. The number of nitrogens with zero attached hydrogens (tertiary/aromatic N) is 4. The first-order chi connectivity index (χ1) is 11.5. The summed E-state index contributed by atoms with van der Waals surface area (Å²) in [5.41, 5.74) is 6.58. The van der Waals surface area contributed by atoms with Crippen molar-refractivity contribution < 1.29 is 28.0 Å². The maximum atomic E-state index is 12.3. The first-order valence-electron chi connectivity index (χ1n) is 7.36. The van der Waals surface area contributed by atoms with Gasteiger partial charge in [0.1, 0.15) is 30.2 Å². The number of aromatic nitrogens is 4. The van der Waals surface area contributed by atoms with Crippen LogP contribution in [0.4, 0.5) is 5.82 Å². The number of hydrogen-bond acceptors (Lipinski definition) is 10. The summed E-state index contributed by atoms with van der Waals surface area (Å²) in [4.78, 5) is 12.1. The molecule has 0 radical (unpaired) electrons. The minimum Gasteiger partial charge on any atom is -0.386 e. The molecule has 0 unspecified atom stereocenters. The van der Waals surface area contributed by atoms with Crippen LogP contribution in [-0.2, 0) is 22.9 Å². The second-order valence-corrected chi connectivity index (χ2v) is 6.99. The molecule has 4 rings (SSSR count). The monoisotopic (exact) mass is 357 g/mol. The summed E-state index contributed by atoms with van der Waals surface area (Å²) in [6, 6.07) is 0. The van der Waals surface area contributed by atoms with E-state index < -0.39 is 32.4 Å².